The minimum atomic E-state index is -0.483. The zero-order chi connectivity index (χ0) is 22.5. The van der Waals surface area contributed by atoms with E-state index in [1.54, 1.807) is 17.6 Å². The lowest BCUT2D eigenvalue weighted by molar-refractivity contribution is 0.0290. The number of hydrogen-bond acceptors (Lipinski definition) is 5. The molecule has 2 heterocycles. The molecule has 2 N–H and O–H groups in total. The number of rotatable bonds is 6. The number of hydrogen-bond donors (Lipinski definition) is 2. The van der Waals surface area contributed by atoms with Crippen LogP contribution in [-0.2, 0) is 17.8 Å². The van der Waals surface area contributed by atoms with Crippen LogP contribution < -0.4 is 5.48 Å². The van der Waals surface area contributed by atoms with E-state index >= 15 is 0 Å². The Morgan fingerprint density at radius 1 is 1.06 bits per heavy atom. The van der Waals surface area contributed by atoms with Crippen molar-refractivity contribution in [2.75, 3.05) is 26.3 Å². The molecule has 2 atom stereocenters. The zero-order valence-electron chi connectivity index (χ0n) is 19.0. The van der Waals surface area contributed by atoms with Gasteiger partial charge in [0.15, 0.2) is 0 Å². The van der Waals surface area contributed by atoms with E-state index in [0.29, 0.717) is 24.3 Å². The highest BCUT2D eigenvalue weighted by Crippen LogP contribution is 2.27. The average molecular weight is 436 g/mol. The first-order chi connectivity index (χ1) is 15.5. The number of nitrogens with zero attached hydrogens (tertiary/aromatic N) is 2. The van der Waals surface area contributed by atoms with Crippen molar-refractivity contribution in [2.24, 2.45) is 0 Å². The normalized spacial score (nSPS) is 22.4. The van der Waals surface area contributed by atoms with E-state index in [1.165, 1.54) is 22.3 Å². The maximum atomic E-state index is 11.5. The van der Waals surface area contributed by atoms with Gasteiger partial charge in [0.05, 0.1) is 13.2 Å². The summed E-state index contributed by atoms with van der Waals surface area (Å²) >= 11 is 0. The first-order valence-corrected chi connectivity index (χ1v) is 11.4. The summed E-state index contributed by atoms with van der Waals surface area (Å²) in [7, 11) is 0. The van der Waals surface area contributed by atoms with Crippen LogP contribution in [-0.4, -0.2) is 59.3 Å². The summed E-state index contributed by atoms with van der Waals surface area (Å²) in [5, 5.41) is 8.79. The number of ether oxygens (including phenoxy) is 1. The maximum Gasteiger partial charge on any atom is 0.274 e. The van der Waals surface area contributed by atoms with Crippen molar-refractivity contribution in [3.63, 3.8) is 0 Å². The van der Waals surface area contributed by atoms with Gasteiger partial charge in [-0.2, -0.15) is 0 Å². The molecule has 6 heteroatoms. The number of nitrogens with one attached hydrogen (secondary N) is 1. The highest BCUT2D eigenvalue weighted by atomic mass is 16.5. The second-order valence-electron chi connectivity index (χ2n) is 8.91. The number of benzene rings is 2. The quantitative estimate of drug-likeness (QED) is 0.535. The molecule has 2 aliphatic rings. The van der Waals surface area contributed by atoms with Crippen molar-refractivity contribution in [1.82, 2.24) is 15.3 Å². The number of piperazine rings is 1. The predicted octanol–water partition coefficient (Wildman–Crippen LogP) is 3.70. The second-order valence-corrected chi connectivity index (χ2v) is 8.91. The molecule has 2 aromatic rings. The number of hydroxylamine groups is 1. The zero-order valence-corrected chi connectivity index (χ0v) is 19.0. The van der Waals surface area contributed by atoms with Crippen molar-refractivity contribution >= 4 is 11.5 Å². The number of amides is 1. The summed E-state index contributed by atoms with van der Waals surface area (Å²) in [6, 6.07) is 17.1. The fourth-order valence-corrected chi connectivity index (χ4v) is 4.93. The van der Waals surface area contributed by atoms with Gasteiger partial charge in [-0.05, 0) is 54.7 Å². The Labute approximate surface area is 190 Å². The van der Waals surface area contributed by atoms with E-state index in [0.717, 1.165) is 39.2 Å². The van der Waals surface area contributed by atoms with Crippen molar-refractivity contribution in [1.29, 1.82) is 0 Å². The lowest BCUT2D eigenvalue weighted by Gasteiger charge is -2.44. The molecule has 2 aromatic carbocycles. The summed E-state index contributed by atoms with van der Waals surface area (Å²) in [6.45, 7) is 9.95. The van der Waals surface area contributed by atoms with Crippen LogP contribution in [0.1, 0.15) is 47.3 Å². The van der Waals surface area contributed by atoms with Crippen LogP contribution >= 0.6 is 0 Å². The van der Waals surface area contributed by atoms with E-state index < -0.39 is 5.91 Å². The molecule has 1 saturated heterocycles. The van der Waals surface area contributed by atoms with Crippen LogP contribution in [0, 0.1) is 0 Å². The molecule has 1 amide bonds. The molecular formula is C26H33N3O3. The van der Waals surface area contributed by atoms with Gasteiger partial charge in [0.2, 0.25) is 0 Å². The van der Waals surface area contributed by atoms with Gasteiger partial charge in [-0.1, -0.05) is 42.5 Å². The van der Waals surface area contributed by atoms with Crippen LogP contribution in [0.5, 0.6) is 0 Å². The summed E-state index contributed by atoms with van der Waals surface area (Å²) in [6.07, 6.45) is 3.21. The van der Waals surface area contributed by atoms with Crippen LogP contribution in [0.3, 0.4) is 0 Å². The molecule has 0 radical (unpaired) electrons. The van der Waals surface area contributed by atoms with Gasteiger partial charge in [0.25, 0.3) is 5.91 Å². The third-order valence-electron chi connectivity index (χ3n) is 6.58. The van der Waals surface area contributed by atoms with E-state index in [1.807, 2.05) is 12.1 Å². The molecular weight excluding hydrogens is 402 g/mol. The minimum Gasteiger partial charge on any atom is -0.377 e. The fraction of sp³-hybridized carbons (Fsp3) is 0.423. The van der Waals surface area contributed by atoms with Crippen molar-refractivity contribution in [2.45, 2.75) is 45.4 Å². The van der Waals surface area contributed by atoms with Crippen LogP contribution in [0.15, 0.2) is 54.6 Å². The summed E-state index contributed by atoms with van der Waals surface area (Å²) in [5.74, 6) is -0.483. The molecule has 0 saturated carbocycles. The Bertz CT molecular complexity index is 945. The Balaban J connectivity index is 1.40. The minimum absolute atomic E-state index is 0.425. The third-order valence-corrected chi connectivity index (χ3v) is 6.58. The Kier molecular flexibility index (Phi) is 7.37. The number of carbonyl (C=O) groups is 1. The third kappa shape index (κ3) is 5.27. The monoisotopic (exact) mass is 435 g/mol. The SMILES string of the molecule is CC1CN(Cc2ccccc2C2=CCOCC2)CC(C)N1Cc1ccc(C(=O)NO)cc1. The largest absolute Gasteiger partial charge is 0.377 e. The molecule has 6 nitrogen and oxygen atoms in total. The van der Waals surface area contributed by atoms with Crippen LogP contribution in [0.4, 0.5) is 0 Å². The van der Waals surface area contributed by atoms with Gasteiger partial charge in [0.1, 0.15) is 0 Å². The summed E-state index contributed by atoms with van der Waals surface area (Å²) < 4.78 is 5.50. The van der Waals surface area contributed by atoms with Crippen LogP contribution in [0.25, 0.3) is 5.57 Å². The Hall–Kier alpha value is -2.51. The fourth-order valence-electron chi connectivity index (χ4n) is 4.93. The molecule has 2 aliphatic heterocycles. The molecule has 0 bridgehead atoms. The lowest BCUT2D eigenvalue weighted by Crippen LogP contribution is -2.55. The topological polar surface area (TPSA) is 65.0 Å². The van der Waals surface area contributed by atoms with Crippen molar-refractivity contribution in [3.8, 4) is 0 Å². The van der Waals surface area contributed by atoms with Gasteiger partial charge >= 0.3 is 0 Å². The van der Waals surface area contributed by atoms with E-state index in [4.69, 9.17) is 9.94 Å². The smallest absolute Gasteiger partial charge is 0.274 e. The first-order valence-electron chi connectivity index (χ1n) is 11.4. The lowest BCUT2D eigenvalue weighted by atomic mass is 9.95. The number of carbonyl (C=O) groups excluding carboxylic acids is 1. The van der Waals surface area contributed by atoms with E-state index in [2.05, 4.69) is 54.0 Å². The molecule has 1 fully saturated rings. The highest BCUT2D eigenvalue weighted by Gasteiger charge is 2.29. The molecule has 170 valence electrons. The van der Waals surface area contributed by atoms with Crippen LogP contribution in [0.2, 0.25) is 0 Å². The molecule has 4 rings (SSSR count). The standard InChI is InChI=1S/C26H33N3O3/c1-19-15-28(18-24-5-3-4-6-25(24)22-11-13-32-14-12-22)16-20(2)29(19)17-21-7-9-23(10-8-21)26(30)27-31/h3-11,19-20,31H,12-18H2,1-2H3,(H,27,30). The van der Waals surface area contributed by atoms with E-state index in [-0.39, 0.29) is 0 Å². The highest BCUT2D eigenvalue weighted by molar-refractivity contribution is 5.93. The summed E-state index contributed by atoms with van der Waals surface area (Å²) in [4.78, 5) is 16.6. The molecule has 0 aromatic heterocycles. The molecule has 0 spiro atoms. The molecule has 0 aliphatic carbocycles. The summed E-state index contributed by atoms with van der Waals surface area (Å²) in [5.41, 5.74) is 7.48. The Morgan fingerprint density at radius 3 is 2.44 bits per heavy atom. The first kappa shape index (κ1) is 22.7. The predicted molar refractivity (Wildman–Crippen MR) is 125 cm³/mol. The van der Waals surface area contributed by atoms with Crippen molar-refractivity contribution in [3.05, 3.63) is 76.9 Å². The van der Waals surface area contributed by atoms with Gasteiger partial charge in [-0.25, -0.2) is 5.48 Å². The Morgan fingerprint density at radius 2 is 1.78 bits per heavy atom. The molecule has 32 heavy (non-hydrogen) atoms. The van der Waals surface area contributed by atoms with Gasteiger partial charge in [-0.3, -0.25) is 19.8 Å². The van der Waals surface area contributed by atoms with E-state index in [9.17, 15) is 4.79 Å². The average Bonchev–Trinajstić information content (AvgIpc) is 2.82. The van der Waals surface area contributed by atoms with Gasteiger partial charge < -0.3 is 4.74 Å². The second kappa shape index (κ2) is 10.4. The molecule has 2 unspecified atom stereocenters. The van der Waals surface area contributed by atoms with Crippen molar-refractivity contribution < 1.29 is 14.7 Å². The maximum absolute atomic E-state index is 11.5. The van der Waals surface area contributed by atoms with Gasteiger partial charge in [-0.15, -0.1) is 0 Å². The van der Waals surface area contributed by atoms with Gasteiger partial charge in [0, 0.05) is 43.8 Å².